The van der Waals surface area contributed by atoms with Crippen molar-refractivity contribution in [1.29, 1.82) is 0 Å². The van der Waals surface area contributed by atoms with E-state index in [4.69, 9.17) is 0 Å². The van der Waals surface area contributed by atoms with Crippen LogP contribution in [0.25, 0.3) is 0 Å². The highest BCUT2D eigenvalue weighted by molar-refractivity contribution is 9.11. The van der Waals surface area contributed by atoms with Crippen molar-refractivity contribution in [3.8, 4) is 0 Å². The minimum Gasteiger partial charge on any atom is -0.335 e. The molecule has 1 saturated heterocycles. The predicted molar refractivity (Wildman–Crippen MR) is 75.6 cm³/mol. The van der Waals surface area contributed by atoms with Gasteiger partial charge in [-0.2, -0.15) is 0 Å². The Kier molecular flexibility index (Phi) is 4.62. The molecular formula is C13H18BrNOS. The van der Waals surface area contributed by atoms with E-state index < -0.39 is 0 Å². The Labute approximate surface area is 115 Å². The van der Waals surface area contributed by atoms with Crippen LogP contribution in [-0.4, -0.2) is 23.4 Å². The van der Waals surface area contributed by atoms with Gasteiger partial charge in [0, 0.05) is 12.6 Å². The first kappa shape index (κ1) is 13.1. The van der Waals surface area contributed by atoms with Gasteiger partial charge in [0.25, 0.3) is 5.91 Å². The van der Waals surface area contributed by atoms with Crippen LogP contribution in [0.5, 0.6) is 0 Å². The van der Waals surface area contributed by atoms with Gasteiger partial charge in [0.2, 0.25) is 0 Å². The number of nitrogens with zero attached hydrogens (tertiary/aromatic N) is 1. The highest BCUT2D eigenvalue weighted by Crippen LogP contribution is 2.27. The maximum Gasteiger partial charge on any atom is 0.264 e. The second kappa shape index (κ2) is 6.01. The minimum absolute atomic E-state index is 0.221. The topological polar surface area (TPSA) is 20.3 Å². The van der Waals surface area contributed by atoms with Crippen molar-refractivity contribution in [1.82, 2.24) is 4.90 Å². The average Bonchev–Trinajstić information content (AvgIpc) is 2.76. The minimum atomic E-state index is 0.221. The lowest BCUT2D eigenvalue weighted by molar-refractivity contribution is 0.0606. The van der Waals surface area contributed by atoms with Gasteiger partial charge in [-0.25, -0.2) is 0 Å². The fraction of sp³-hybridized carbons (Fsp3) is 0.615. The Morgan fingerprint density at radius 2 is 2.35 bits per heavy atom. The molecule has 2 heterocycles. The third-order valence-electron chi connectivity index (χ3n) is 3.29. The molecule has 1 unspecified atom stereocenters. The molecule has 1 aromatic heterocycles. The third-order valence-corrected chi connectivity index (χ3v) is 4.91. The van der Waals surface area contributed by atoms with Crippen LogP contribution in [0.15, 0.2) is 15.9 Å². The normalized spacial score (nSPS) is 20.6. The van der Waals surface area contributed by atoms with Gasteiger partial charge in [-0.15, -0.1) is 11.3 Å². The van der Waals surface area contributed by atoms with Crippen molar-refractivity contribution in [2.75, 3.05) is 6.54 Å². The first-order valence-electron chi connectivity index (χ1n) is 6.28. The van der Waals surface area contributed by atoms with Gasteiger partial charge in [0.05, 0.1) is 8.66 Å². The summed E-state index contributed by atoms with van der Waals surface area (Å²) in [6.45, 7) is 3.12. The Morgan fingerprint density at radius 3 is 3.00 bits per heavy atom. The molecule has 94 valence electrons. The smallest absolute Gasteiger partial charge is 0.264 e. The molecule has 0 saturated carbocycles. The maximum atomic E-state index is 12.4. The van der Waals surface area contributed by atoms with Crippen LogP contribution < -0.4 is 0 Å². The fourth-order valence-electron chi connectivity index (χ4n) is 2.47. The molecule has 0 N–H and O–H groups in total. The summed E-state index contributed by atoms with van der Waals surface area (Å²) in [7, 11) is 0. The van der Waals surface area contributed by atoms with E-state index >= 15 is 0 Å². The second-order valence-corrected chi connectivity index (χ2v) is 7.00. The van der Waals surface area contributed by atoms with Crippen LogP contribution in [0.2, 0.25) is 0 Å². The Morgan fingerprint density at radius 1 is 1.53 bits per heavy atom. The van der Waals surface area contributed by atoms with Gasteiger partial charge < -0.3 is 4.90 Å². The number of hydrogen-bond donors (Lipinski definition) is 0. The van der Waals surface area contributed by atoms with Gasteiger partial charge in [0.1, 0.15) is 0 Å². The molecule has 0 aliphatic carbocycles. The third kappa shape index (κ3) is 3.10. The molecule has 0 aromatic carbocycles. The van der Waals surface area contributed by atoms with E-state index in [0.29, 0.717) is 6.04 Å². The van der Waals surface area contributed by atoms with E-state index in [-0.39, 0.29) is 5.91 Å². The standard InChI is InChI=1S/C13H18BrNOS/c1-2-5-10-6-3-4-9-15(10)13(16)11-7-8-12(14)17-11/h7-8,10H,2-6,9H2,1H3. The molecule has 1 aliphatic rings. The first-order chi connectivity index (χ1) is 8.22. The largest absolute Gasteiger partial charge is 0.335 e. The van der Waals surface area contributed by atoms with Crippen LogP contribution in [0.1, 0.15) is 48.7 Å². The van der Waals surface area contributed by atoms with Crippen LogP contribution in [0, 0.1) is 0 Å². The number of likely N-dealkylation sites (tertiary alicyclic amines) is 1. The Balaban J connectivity index is 2.10. The van der Waals surface area contributed by atoms with Crippen LogP contribution >= 0.6 is 27.3 Å². The fourth-order valence-corrected chi connectivity index (χ4v) is 3.81. The molecule has 2 rings (SSSR count). The summed E-state index contributed by atoms with van der Waals surface area (Å²) in [5.74, 6) is 0.221. The van der Waals surface area contributed by atoms with Crippen LogP contribution in [-0.2, 0) is 0 Å². The highest BCUT2D eigenvalue weighted by Gasteiger charge is 2.27. The zero-order valence-electron chi connectivity index (χ0n) is 10.1. The summed E-state index contributed by atoms with van der Waals surface area (Å²) in [5, 5.41) is 0. The summed E-state index contributed by atoms with van der Waals surface area (Å²) in [5.41, 5.74) is 0. The van der Waals surface area contributed by atoms with Gasteiger partial charge in [0.15, 0.2) is 0 Å². The number of rotatable bonds is 3. The van der Waals surface area contributed by atoms with Crippen LogP contribution in [0.4, 0.5) is 0 Å². The van der Waals surface area contributed by atoms with Crippen molar-refractivity contribution in [3.63, 3.8) is 0 Å². The van der Waals surface area contributed by atoms with Gasteiger partial charge in [-0.05, 0) is 53.7 Å². The van der Waals surface area contributed by atoms with E-state index in [1.807, 2.05) is 12.1 Å². The molecule has 0 spiro atoms. The summed E-state index contributed by atoms with van der Waals surface area (Å²) in [6.07, 6.45) is 5.88. The molecule has 0 radical (unpaired) electrons. The molecule has 1 fully saturated rings. The lowest BCUT2D eigenvalue weighted by Gasteiger charge is -2.35. The summed E-state index contributed by atoms with van der Waals surface area (Å²) >= 11 is 4.95. The molecule has 1 amide bonds. The Bertz CT molecular complexity index is 389. The van der Waals surface area contributed by atoms with Gasteiger partial charge in [-0.3, -0.25) is 4.79 Å². The van der Waals surface area contributed by atoms with E-state index in [9.17, 15) is 4.79 Å². The SMILES string of the molecule is CCCC1CCCCN1C(=O)c1ccc(Br)s1. The first-order valence-corrected chi connectivity index (χ1v) is 7.89. The van der Waals surface area contributed by atoms with Crippen molar-refractivity contribution in [3.05, 3.63) is 20.8 Å². The number of amides is 1. The zero-order chi connectivity index (χ0) is 12.3. The number of carbonyl (C=O) groups is 1. The van der Waals surface area contributed by atoms with Crippen molar-refractivity contribution >= 4 is 33.2 Å². The number of halogens is 1. The van der Waals surface area contributed by atoms with Gasteiger partial charge >= 0.3 is 0 Å². The quantitative estimate of drug-likeness (QED) is 0.814. The zero-order valence-corrected chi connectivity index (χ0v) is 12.5. The van der Waals surface area contributed by atoms with E-state index in [1.165, 1.54) is 24.2 Å². The van der Waals surface area contributed by atoms with Crippen molar-refractivity contribution in [2.24, 2.45) is 0 Å². The number of carbonyl (C=O) groups excluding carboxylic acids is 1. The summed E-state index contributed by atoms with van der Waals surface area (Å²) in [6, 6.07) is 4.34. The lowest BCUT2D eigenvalue weighted by atomic mass is 9.98. The maximum absolute atomic E-state index is 12.4. The van der Waals surface area contributed by atoms with E-state index in [1.54, 1.807) is 0 Å². The number of thiophene rings is 1. The number of hydrogen-bond acceptors (Lipinski definition) is 2. The van der Waals surface area contributed by atoms with Crippen LogP contribution in [0.3, 0.4) is 0 Å². The molecule has 4 heteroatoms. The Hall–Kier alpha value is -0.350. The number of piperidine rings is 1. The van der Waals surface area contributed by atoms with E-state index in [2.05, 4.69) is 27.8 Å². The predicted octanol–water partition coefficient (Wildman–Crippen LogP) is 4.31. The monoisotopic (exact) mass is 315 g/mol. The molecule has 1 atom stereocenters. The lowest BCUT2D eigenvalue weighted by Crippen LogP contribution is -2.43. The van der Waals surface area contributed by atoms with E-state index in [0.717, 1.165) is 34.5 Å². The average molecular weight is 316 g/mol. The second-order valence-electron chi connectivity index (χ2n) is 4.54. The van der Waals surface area contributed by atoms with Gasteiger partial charge in [-0.1, -0.05) is 13.3 Å². The molecule has 17 heavy (non-hydrogen) atoms. The molecular weight excluding hydrogens is 298 g/mol. The molecule has 2 nitrogen and oxygen atoms in total. The highest BCUT2D eigenvalue weighted by atomic mass is 79.9. The van der Waals surface area contributed by atoms with Crippen molar-refractivity contribution in [2.45, 2.75) is 45.1 Å². The molecule has 1 aliphatic heterocycles. The summed E-state index contributed by atoms with van der Waals surface area (Å²) in [4.78, 5) is 15.4. The molecule has 1 aromatic rings. The molecule has 0 bridgehead atoms. The summed E-state index contributed by atoms with van der Waals surface area (Å²) < 4.78 is 1.03. The van der Waals surface area contributed by atoms with Crippen molar-refractivity contribution < 1.29 is 4.79 Å².